The van der Waals surface area contributed by atoms with E-state index in [0.717, 1.165) is 18.2 Å². The summed E-state index contributed by atoms with van der Waals surface area (Å²) in [5.74, 6) is -3.91. The quantitative estimate of drug-likeness (QED) is 0.916. The van der Waals surface area contributed by atoms with Gasteiger partial charge in [0.2, 0.25) is 0 Å². The number of rotatable bonds is 3. The van der Waals surface area contributed by atoms with Gasteiger partial charge >= 0.3 is 6.03 Å². The van der Waals surface area contributed by atoms with Gasteiger partial charge in [-0.15, -0.1) is 0 Å². The maximum Gasteiger partial charge on any atom is 0.321 e. The average Bonchev–Trinajstić information content (AvgIpc) is 2.46. The van der Waals surface area contributed by atoms with E-state index in [0.29, 0.717) is 0 Å². The van der Waals surface area contributed by atoms with Crippen LogP contribution in [0, 0.1) is 17.5 Å². The molecular formula is C15H11F3N2O2. The van der Waals surface area contributed by atoms with Crippen molar-refractivity contribution in [2.75, 3.05) is 0 Å². The lowest BCUT2D eigenvalue weighted by Gasteiger charge is -2.08. The zero-order valence-electron chi connectivity index (χ0n) is 11.2. The van der Waals surface area contributed by atoms with Gasteiger partial charge in [0.15, 0.2) is 0 Å². The second-order valence-electron chi connectivity index (χ2n) is 4.32. The Morgan fingerprint density at radius 3 is 2.09 bits per heavy atom. The van der Waals surface area contributed by atoms with Crippen LogP contribution < -0.4 is 10.6 Å². The molecule has 7 heteroatoms. The first-order valence-electron chi connectivity index (χ1n) is 6.25. The Hall–Kier alpha value is -2.83. The van der Waals surface area contributed by atoms with Gasteiger partial charge < -0.3 is 5.32 Å². The monoisotopic (exact) mass is 308 g/mol. The van der Waals surface area contributed by atoms with Crippen LogP contribution in [0.3, 0.4) is 0 Å². The van der Waals surface area contributed by atoms with Crippen molar-refractivity contribution in [1.29, 1.82) is 0 Å². The molecule has 0 saturated carbocycles. The number of carbonyl (C=O) groups excluding carboxylic acids is 2. The molecule has 2 aromatic carbocycles. The summed E-state index contributed by atoms with van der Waals surface area (Å²) in [5, 5.41) is 4.00. The molecule has 4 nitrogen and oxygen atoms in total. The van der Waals surface area contributed by atoms with Crippen molar-refractivity contribution in [3.05, 3.63) is 71.0 Å². The van der Waals surface area contributed by atoms with Crippen molar-refractivity contribution in [3.8, 4) is 0 Å². The van der Waals surface area contributed by atoms with E-state index in [1.54, 1.807) is 11.4 Å². The zero-order valence-corrected chi connectivity index (χ0v) is 11.2. The number of hydrogen-bond donors (Lipinski definition) is 2. The Balaban J connectivity index is 1.98. The molecule has 22 heavy (non-hydrogen) atoms. The summed E-state index contributed by atoms with van der Waals surface area (Å²) in [7, 11) is 0. The lowest BCUT2D eigenvalue weighted by Crippen LogP contribution is -2.39. The molecular weight excluding hydrogens is 297 g/mol. The largest absolute Gasteiger partial charge is 0.334 e. The van der Waals surface area contributed by atoms with Crippen LogP contribution in [-0.4, -0.2) is 11.9 Å². The summed E-state index contributed by atoms with van der Waals surface area (Å²) in [6.45, 7) is -0.175. The highest BCUT2D eigenvalue weighted by molar-refractivity contribution is 6.04. The van der Waals surface area contributed by atoms with Crippen molar-refractivity contribution in [1.82, 2.24) is 10.6 Å². The van der Waals surface area contributed by atoms with Crippen LogP contribution in [0.5, 0.6) is 0 Å². The summed E-state index contributed by atoms with van der Waals surface area (Å²) in [6.07, 6.45) is 0. The van der Waals surface area contributed by atoms with Gasteiger partial charge in [0, 0.05) is 12.1 Å². The second-order valence-corrected chi connectivity index (χ2v) is 4.32. The average molecular weight is 308 g/mol. The molecule has 0 radical (unpaired) electrons. The standard InChI is InChI=1S/C15H11F3N2O2/c16-10-5-2-1-4-9(10)8-19-15(22)20-14(21)13-11(17)6-3-7-12(13)18/h1-7H,8H2,(H2,19,20,21,22). The summed E-state index contributed by atoms with van der Waals surface area (Å²) in [4.78, 5) is 23.2. The molecule has 0 unspecified atom stereocenters. The minimum atomic E-state index is -1.22. The third-order valence-electron chi connectivity index (χ3n) is 2.81. The van der Waals surface area contributed by atoms with Gasteiger partial charge in [-0.1, -0.05) is 24.3 Å². The molecule has 0 aliphatic carbocycles. The lowest BCUT2D eigenvalue weighted by molar-refractivity contribution is 0.0955. The van der Waals surface area contributed by atoms with Crippen molar-refractivity contribution in [2.24, 2.45) is 0 Å². The van der Waals surface area contributed by atoms with E-state index >= 15 is 0 Å². The van der Waals surface area contributed by atoms with E-state index in [2.05, 4.69) is 5.32 Å². The molecule has 3 amide bonds. The third-order valence-corrected chi connectivity index (χ3v) is 2.81. The predicted molar refractivity (Wildman–Crippen MR) is 72.5 cm³/mol. The van der Waals surface area contributed by atoms with E-state index in [1.807, 2.05) is 0 Å². The summed E-state index contributed by atoms with van der Waals surface area (Å²) >= 11 is 0. The molecule has 0 bridgehead atoms. The van der Waals surface area contributed by atoms with Gasteiger partial charge in [-0.3, -0.25) is 10.1 Å². The number of benzene rings is 2. The summed E-state index contributed by atoms with van der Waals surface area (Å²) < 4.78 is 40.1. The number of amides is 3. The minimum absolute atomic E-state index is 0.175. The first-order chi connectivity index (χ1) is 10.5. The van der Waals surface area contributed by atoms with Gasteiger partial charge in [0.1, 0.15) is 23.0 Å². The molecule has 2 N–H and O–H groups in total. The van der Waals surface area contributed by atoms with E-state index in [9.17, 15) is 22.8 Å². The number of hydrogen-bond acceptors (Lipinski definition) is 2. The summed E-state index contributed by atoms with van der Waals surface area (Å²) in [5.41, 5.74) is -0.647. The first-order valence-corrected chi connectivity index (χ1v) is 6.25. The fourth-order valence-corrected chi connectivity index (χ4v) is 1.74. The van der Waals surface area contributed by atoms with Crippen molar-refractivity contribution in [3.63, 3.8) is 0 Å². The van der Waals surface area contributed by atoms with Crippen LogP contribution in [0.25, 0.3) is 0 Å². The van der Waals surface area contributed by atoms with Crippen LogP contribution in [0.2, 0.25) is 0 Å². The molecule has 2 aromatic rings. The van der Waals surface area contributed by atoms with Crippen molar-refractivity contribution in [2.45, 2.75) is 6.54 Å². The molecule has 0 aromatic heterocycles. The Morgan fingerprint density at radius 1 is 0.864 bits per heavy atom. The fourth-order valence-electron chi connectivity index (χ4n) is 1.74. The maximum atomic E-state index is 13.4. The molecule has 0 atom stereocenters. The van der Waals surface area contributed by atoms with Crippen LogP contribution in [0.4, 0.5) is 18.0 Å². The van der Waals surface area contributed by atoms with Gasteiger partial charge in [-0.05, 0) is 18.2 Å². The number of carbonyl (C=O) groups is 2. The van der Waals surface area contributed by atoms with Gasteiger partial charge in [0.25, 0.3) is 5.91 Å². The van der Waals surface area contributed by atoms with Gasteiger partial charge in [-0.2, -0.15) is 0 Å². The van der Waals surface area contributed by atoms with Gasteiger partial charge in [-0.25, -0.2) is 18.0 Å². The van der Waals surface area contributed by atoms with Crippen molar-refractivity contribution >= 4 is 11.9 Å². The van der Waals surface area contributed by atoms with Gasteiger partial charge in [0.05, 0.1) is 0 Å². The zero-order chi connectivity index (χ0) is 16.1. The van der Waals surface area contributed by atoms with Crippen LogP contribution >= 0.6 is 0 Å². The van der Waals surface area contributed by atoms with Crippen molar-refractivity contribution < 1.29 is 22.8 Å². The first kappa shape index (κ1) is 15.6. The minimum Gasteiger partial charge on any atom is -0.334 e. The third kappa shape index (κ3) is 3.63. The normalized spacial score (nSPS) is 10.1. The van der Waals surface area contributed by atoms with Crippen LogP contribution in [0.15, 0.2) is 42.5 Å². The SMILES string of the molecule is O=C(NCc1ccccc1F)NC(=O)c1c(F)cccc1F. The maximum absolute atomic E-state index is 13.4. The Morgan fingerprint density at radius 2 is 1.45 bits per heavy atom. The Labute approximate surface area is 124 Å². The molecule has 0 saturated heterocycles. The predicted octanol–water partition coefficient (Wildman–Crippen LogP) is 2.74. The smallest absolute Gasteiger partial charge is 0.321 e. The number of nitrogens with one attached hydrogen (secondary N) is 2. The molecule has 0 heterocycles. The highest BCUT2D eigenvalue weighted by atomic mass is 19.1. The summed E-state index contributed by atoms with van der Waals surface area (Å²) in [6, 6.07) is 7.64. The van der Waals surface area contributed by atoms with E-state index in [1.165, 1.54) is 18.2 Å². The lowest BCUT2D eigenvalue weighted by atomic mass is 10.2. The van der Waals surface area contributed by atoms with E-state index in [4.69, 9.17) is 0 Å². The van der Waals surface area contributed by atoms with Crippen LogP contribution in [0.1, 0.15) is 15.9 Å². The van der Waals surface area contributed by atoms with E-state index in [-0.39, 0.29) is 12.1 Å². The fraction of sp³-hybridized carbons (Fsp3) is 0.0667. The molecule has 2 rings (SSSR count). The highest BCUT2D eigenvalue weighted by Crippen LogP contribution is 2.11. The molecule has 0 fully saturated rings. The Kier molecular flexibility index (Phi) is 4.77. The molecule has 0 aliphatic heterocycles. The number of imide groups is 1. The van der Waals surface area contributed by atoms with E-state index < -0.39 is 35.0 Å². The topological polar surface area (TPSA) is 58.2 Å². The Bertz CT molecular complexity index is 699. The number of urea groups is 1. The van der Waals surface area contributed by atoms with Crippen LogP contribution in [-0.2, 0) is 6.54 Å². The highest BCUT2D eigenvalue weighted by Gasteiger charge is 2.19. The molecule has 0 aliphatic rings. The number of halogens is 3. The molecule has 0 spiro atoms. The second kappa shape index (κ2) is 6.75. The molecule has 114 valence electrons.